The topological polar surface area (TPSA) is 115 Å². The Bertz CT molecular complexity index is 1140. The molecule has 2 atom stereocenters. The molecule has 0 radical (unpaired) electrons. The fourth-order valence-electron chi connectivity index (χ4n) is 3.94. The molecule has 2 amide bonds. The third-order valence-corrected chi connectivity index (χ3v) is 5.85. The number of H-pyrrole nitrogens is 1. The molecule has 0 bridgehead atoms. The van der Waals surface area contributed by atoms with Gasteiger partial charge in [0.15, 0.2) is 0 Å². The van der Waals surface area contributed by atoms with Gasteiger partial charge in [-0.25, -0.2) is 4.98 Å². The minimum absolute atomic E-state index is 0.158. The third-order valence-electron chi connectivity index (χ3n) is 5.85. The molecule has 160 valence electrons. The highest BCUT2D eigenvalue weighted by molar-refractivity contribution is 5.94. The third kappa shape index (κ3) is 4.14. The summed E-state index contributed by atoms with van der Waals surface area (Å²) in [5.41, 5.74) is 3.99. The van der Waals surface area contributed by atoms with Crippen LogP contribution in [0.2, 0.25) is 0 Å². The first-order chi connectivity index (χ1) is 14.8. The second-order valence-electron chi connectivity index (χ2n) is 8.00. The Morgan fingerprint density at radius 2 is 2.00 bits per heavy atom. The van der Waals surface area contributed by atoms with Gasteiger partial charge in [0.2, 0.25) is 5.91 Å². The van der Waals surface area contributed by atoms with Crippen molar-refractivity contribution in [2.24, 2.45) is 11.8 Å². The van der Waals surface area contributed by atoms with Crippen molar-refractivity contribution in [3.63, 3.8) is 0 Å². The summed E-state index contributed by atoms with van der Waals surface area (Å²) in [4.78, 5) is 46.0. The van der Waals surface area contributed by atoms with Crippen molar-refractivity contribution in [3.05, 3.63) is 65.0 Å². The van der Waals surface area contributed by atoms with Gasteiger partial charge in [0, 0.05) is 19.2 Å². The summed E-state index contributed by atoms with van der Waals surface area (Å²) in [5.74, 6) is -2.17. The number of aromatic nitrogens is 2. The van der Waals surface area contributed by atoms with Gasteiger partial charge >= 0.3 is 5.97 Å². The van der Waals surface area contributed by atoms with Crippen molar-refractivity contribution in [2.45, 2.75) is 26.4 Å². The molecule has 0 saturated heterocycles. The number of amides is 2. The fourth-order valence-corrected chi connectivity index (χ4v) is 3.94. The maximum atomic E-state index is 13.0. The summed E-state index contributed by atoms with van der Waals surface area (Å²) in [5, 5.41) is 12.1. The lowest BCUT2D eigenvalue weighted by Crippen LogP contribution is -2.35. The Kier molecular flexibility index (Phi) is 5.46. The number of carbonyl (C=O) groups is 3. The number of hydrogen-bond acceptors (Lipinski definition) is 4. The number of fused-ring (bicyclic) bond motifs is 2. The van der Waals surface area contributed by atoms with E-state index in [1.165, 1.54) is 0 Å². The molecule has 0 aliphatic carbocycles. The Morgan fingerprint density at radius 1 is 1.23 bits per heavy atom. The van der Waals surface area contributed by atoms with E-state index in [2.05, 4.69) is 15.3 Å². The van der Waals surface area contributed by atoms with Gasteiger partial charge in [0.1, 0.15) is 5.82 Å². The van der Waals surface area contributed by atoms with Crippen LogP contribution in [-0.2, 0) is 29.1 Å². The number of nitrogens with zero attached hydrogens (tertiary/aromatic N) is 2. The van der Waals surface area contributed by atoms with Gasteiger partial charge in [-0.1, -0.05) is 25.1 Å². The molecule has 0 fully saturated rings. The number of rotatable bonds is 5. The van der Waals surface area contributed by atoms with Crippen molar-refractivity contribution >= 4 is 28.8 Å². The molecule has 8 heteroatoms. The second kappa shape index (κ2) is 8.22. The van der Waals surface area contributed by atoms with Gasteiger partial charge < -0.3 is 20.3 Å². The number of para-hydroxylation sites is 2. The van der Waals surface area contributed by atoms with Gasteiger partial charge in [0.05, 0.1) is 29.4 Å². The van der Waals surface area contributed by atoms with Crippen molar-refractivity contribution in [3.8, 4) is 0 Å². The Labute approximate surface area is 179 Å². The van der Waals surface area contributed by atoms with Crippen LogP contribution in [0.4, 0.5) is 0 Å². The van der Waals surface area contributed by atoms with Crippen LogP contribution in [0.1, 0.15) is 34.2 Å². The minimum Gasteiger partial charge on any atom is -0.481 e. The molecule has 4 rings (SSSR count). The maximum absolute atomic E-state index is 13.0. The van der Waals surface area contributed by atoms with Gasteiger partial charge in [-0.05, 0) is 41.8 Å². The molecule has 1 aliphatic rings. The zero-order chi connectivity index (χ0) is 22.1. The lowest BCUT2D eigenvalue weighted by atomic mass is 9.86. The summed E-state index contributed by atoms with van der Waals surface area (Å²) in [6.07, 6.45) is 0.331. The summed E-state index contributed by atoms with van der Waals surface area (Å²) in [7, 11) is 1.72. The summed E-state index contributed by atoms with van der Waals surface area (Å²) in [6, 6.07) is 13.0. The smallest absolute Gasteiger partial charge is 0.307 e. The Hall–Kier alpha value is -3.68. The molecule has 3 aromatic rings. The van der Waals surface area contributed by atoms with Crippen molar-refractivity contribution in [2.75, 3.05) is 7.05 Å². The van der Waals surface area contributed by atoms with Crippen LogP contribution in [0.3, 0.4) is 0 Å². The quantitative estimate of drug-likeness (QED) is 0.586. The summed E-state index contributed by atoms with van der Waals surface area (Å²) >= 11 is 0. The number of nitrogens with one attached hydrogen (secondary N) is 2. The number of carbonyl (C=O) groups excluding carboxylic acids is 2. The highest BCUT2D eigenvalue weighted by atomic mass is 16.4. The number of benzene rings is 2. The maximum Gasteiger partial charge on any atom is 0.307 e. The molecule has 2 heterocycles. The van der Waals surface area contributed by atoms with E-state index in [4.69, 9.17) is 0 Å². The Morgan fingerprint density at radius 3 is 2.74 bits per heavy atom. The van der Waals surface area contributed by atoms with Crippen molar-refractivity contribution in [1.29, 1.82) is 0 Å². The van der Waals surface area contributed by atoms with E-state index >= 15 is 0 Å². The highest BCUT2D eigenvalue weighted by Gasteiger charge is 2.32. The minimum atomic E-state index is -0.998. The fraction of sp³-hybridized carbons (Fsp3) is 0.304. The molecular formula is C23H24N4O4. The average molecular weight is 420 g/mol. The number of aliphatic carboxylic acids is 1. The zero-order valence-corrected chi connectivity index (χ0v) is 17.4. The zero-order valence-electron chi connectivity index (χ0n) is 17.4. The normalized spacial score (nSPS) is 16.8. The van der Waals surface area contributed by atoms with E-state index in [9.17, 15) is 19.5 Å². The van der Waals surface area contributed by atoms with Crippen molar-refractivity contribution in [1.82, 2.24) is 20.2 Å². The molecule has 0 spiro atoms. The molecule has 1 aliphatic heterocycles. The summed E-state index contributed by atoms with van der Waals surface area (Å²) < 4.78 is 0. The van der Waals surface area contributed by atoms with Crippen LogP contribution in [0.5, 0.6) is 0 Å². The first kappa shape index (κ1) is 20.6. The molecule has 1 aromatic heterocycles. The van der Waals surface area contributed by atoms with E-state index in [-0.39, 0.29) is 18.4 Å². The lowest BCUT2D eigenvalue weighted by Gasteiger charge is -2.18. The lowest BCUT2D eigenvalue weighted by molar-refractivity contribution is -0.146. The van der Waals surface area contributed by atoms with E-state index in [0.29, 0.717) is 24.4 Å². The van der Waals surface area contributed by atoms with Crippen molar-refractivity contribution < 1.29 is 19.5 Å². The van der Waals surface area contributed by atoms with Crippen LogP contribution in [0.25, 0.3) is 11.0 Å². The van der Waals surface area contributed by atoms with E-state index < -0.39 is 17.8 Å². The SMILES string of the molecule is CC(C(=O)O)C1Cc2ccc(C(=O)N(C)Cc3nc4ccccc4[nH]3)cc2CNC1=O. The first-order valence-electron chi connectivity index (χ1n) is 10.1. The molecule has 2 aromatic carbocycles. The van der Waals surface area contributed by atoms with Crippen LogP contribution < -0.4 is 5.32 Å². The second-order valence-corrected chi connectivity index (χ2v) is 8.00. The van der Waals surface area contributed by atoms with Crippen LogP contribution in [-0.4, -0.2) is 44.8 Å². The predicted molar refractivity (Wildman–Crippen MR) is 114 cm³/mol. The van der Waals surface area contributed by atoms with E-state index in [0.717, 1.165) is 22.2 Å². The number of imidazole rings is 1. The molecular weight excluding hydrogens is 396 g/mol. The standard InChI is InChI=1S/C23H24N4O4/c1-13(23(30)31)17-10-14-7-8-15(9-16(14)11-24-21(17)28)22(29)27(2)12-20-25-18-5-3-4-6-19(18)26-20/h3-9,13,17H,10-12H2,1-2H3,(H,24,28)(H,25,26)(H,30,31). The van der Waals surface area contributed by atoms with Gasteiger partial charge in [-0.15, -0.1) is 0 Å². The number of aromatic amines is 1. The van der Waals surface area contributed by atoms with E-state index in [1.54, 1.807) is 31.0 Å². The number of carboxylic acids is 1. The van der Waals surface area contributed by atoms with Gasteiger partial charge in [-0.3, -0.25) is 14.4 Å². The monoisotopic (exact) mass is 420 g/mol. The van der Waals surface area contributed by atoms with Gasteiger partial charge in [-0.2, -0.15) is 0 Å². The first-order valence-corrected chi connectivity index (χ1v) is 10.1. The summed E-state index contributed by atoms with van der Waals surface area (Å²) in [6.45, 7) is 2.15. The molecule has 2 unspecified atom stereocenters. The highest BCUT2D eigenvalue weighted by Crippen LogP contribution is 2.25. The molecule has 0 saturated carbocycles. The number of hydrogen-bond donors (Lipinski definition) is 3. The largest absolute Gasteiger partial charge is 0.481 e. The molecule has 31 heavy (non-hydrogen) atoms. The van der Waals surface area contributed by atoms with Crippen LogP contribution in [0.15, 0.2) is 42.5 Å². The van der Waals surface area contributed by atoms with E-state index in [1.807, 2.05) is 30.3 Å². The van der Waals surface area contributed by atoms with Crippen LogP contribution in [0, 0.1) is 11.8 Å². The average Bonchev–Trinajstić information content (AvgIpc) is 3.09. The number of carboxylic acid groups (broad SMARTS) is 1. The predicted octanol–water partition coefficient (Wildman–Crippen LogP) is 2.34. The van der Waals surface area contributed by atoms with Gasteiger partial charge in [0.25, 0.3) is 5.91 Å². The molecule has 3 N–H and O–H groups in total. The van der Waals surface area contributed by atoms with Crippen LogP contribution >= 0.6 is 0 Å². The molecule has 8 nitrogen and oxygen atoms in total. The Balaban J connectivity index is 1.52.